The summed E-state index contributed by atoms with van der Waals surface area (Å²) in [5.74, 6) is 0. The van der Waals surface area contributed by atoms with Crippen molar-refractivity contribution in [2.45, 2.75) is 0 Å². The SMILES string of the molecule is c1ccc(-c2ccc(-c3ccccc3)c3cc4c(-c5ccccc5)c5cc6c(ccc7ccccc76)cc5c(-c5ccccc5)c4cc23)cc1. The molecule has 0 atom stereocenters. The Morgan fingerprint density at radius 3 is 1.08 bits per heavy atom. The topological polar surface area (TPSA) is 0 Å². The molecular weight excluding hydrogens is 601 g/mol. The van der Waals surface area contributed by atoms with Crippen LogP contribution in [-0.4, -0.2) is 0 Å². The van der Waals surface area contributed by atoms with Gasteiger partial charge < -0.3 is 0 Å². The van der Waals surface area contributed by atoms with Crippen LogP contribution in [0.15, 0.2) is 194 Å². The molecule has 0 unspecified atom stereocenters. The molecule has 232 valence electrons. The van der Waals surface area contributed by atoms with Gasteiger partial charge in [0, 0.05) is 0 Å². The first kappa shape index (κ1) is 28.5. The number of benzene rings is 10. The van der Waals surface area contributed by atoms with Gasteiger partial charge in [0.1, 0.15) is 0 Å². The van der Waals surface area contributed by atoms with Gasteiger partial charge in [0.15, 0.2) is 0 Å². The predicted octanol–water partition coefficient (Wildman–Crippen LogP) is 14.1. The highest BCUT2D eigenvalue weighted by molar-refractivity contribution is 6.28. The summed E-state index contributed by atoms with van der Waals surface area (Å²) in [5, 5.41) is 12.7. The zero-order valence-electron chi connectivity index (χ0n) is 27.5. The standard InChI is InChI=1S/C50H32/c1-5-15-33(16-6-1)40-27-28-41(34-17-7-2-8-18-34)44-32-48-47(31-43(40)44)49(36-20-9-3-10-21-36)45-29-38-26-25-35-19-13-14-24-39(35)42(38)30-46(45)50(48)37-22-11-4-12-23-37/h1-32H. The summed E-state index contributed by atoms with van der Waals surface area (Å²) in [6.07, 6.45) is 0. The van der Waals surface area contributed by atoms with E-state index < -0.39 is 0 Å². The van der Waals surface area contributed by atoms with Gasteiger partial charge in [-0.05, 0) is 123 Å². The van der Waals surface area contributed by atoms with Crippen molar-refractivity contribution < 1.29 is 0 Å². The van der Waals surface area contributed by atoms with Crippen molar-refractivity contribution in [1.29, 1.82) is 0 Å². The van der Waals surface area contributed by atoms with Gasteiger partial charge in [-0.15, -0.1) is 0 Å². The Morgan fingerprint density at radius 1 is 0.200 bits per heavy atom. The highest BCUT2D eigenvalue weighted by atomic mass is 14.2. The van der Waals surface area contributed by atoms with Gasteiger partial charge in [-0.1, -0.05) is 170 Å². The van der Waals surface area contributed by atoms with Crippen LogP contribution >= 0.6 is 0 Å². The zero-order valence-corrected chi connectivity index (χ0v) is 27.5. The molecule has 0 N–H and O–H groups in total. The fourth-order valence-corrected chi connectivity index (χ4v) is 8.13. The predicted molar refractivity (Wildman–Crippen MR) is 216 cm³/mol. The molecule has 0 fully saturated rings. The number of hydrogen-bond donors (Lipinski definition) is 0. The Kier molecular flexibility index (Phi) is 6.60. The molecule has 0 spiro atoms. The molecule has 0 aliphatic carbocycles. The van der Waals surface area contributed by atoms with E-state index >= 15 is 0 Å². The van der Waals surface area contributed by atoms with Crippen molar-refractivity contribution in [3.05, 3.63) is 194 Å². The fourth-order valence-electron chi connectivity index (χ4n) is 8.13. The average Bonchev–Trinajstić information content (AvgIpc) is 3.19. The van der Waals surface area contributed by atoms with E-state index in [1.165, 1.54) is 98.4 Å². The number of fused-ring (bicyclic) bond motifs is 6. The van der Waals surface area contributed by atoms with Gasteiger partial charge in [0.05, 0.1) is 0 Å². The second kappa shape index (κ2) is 11.6. The van der Waals surface area contributed by atoms with E-state index in [2.05, 4.69) is 194 Å². The summed E-state index contributed by atoms with van der Waals surface area (Å²) < 4.78 is 0. The van der Waals surface area contributed by atoms with E-state index in [0.717, 1.165) is 0 Å². The van der Waals surface area contributed by atoms with Crippen molar-refractivity contribution in [3.63, 3.8) is 0 Å². The van der Waals surface area contributed by atoms with Gasteiger partial charge in [-0.3, -0.25) is 0 Å². The van der Waals surface area contributed by atoms with Crippen LogP contribution in [0.25, 0.3) is 98.4 Å². The fraction of sp³-hybridized carbons (Fsp3) is 0. The van der Waals surface area contributed by atoms with E-state index in [4.69, 9.17) is 0 Å². The zero-order chi connectivity index (χ0) is 33.0. The van der Waals surface area contributed by atoms with E-state index in [1.807, 2.05) is 0 Å². The Bertz CT molecular complexity index is 2870. The molecule has 0 amide bonds. The van der Waals surface area contributed by atoms with Gasteiger partial charge in [0.25, 0.3) is 0 Å². The van der Waals surface area contributed by atoms with Crippen LogP contribution in [0.4, 0.5) is 0 Å². The quantitative estimate of drug-likeness (QED) is 0.134. The molecule has 0 bridgehead atoms. The molecule has 0 saturated carbocycles. The molecule has 0 nitrogen and oxygen atoms in total. The third kappa shape index (κ3) is 4.54. The molecule has 10 aromatic rings. The summed E-state index contributed by atoms with van der Waals surface area (Å²) in [5.41, 5.74) is 9.93. The van der Waals surface area contributed by atoms with Gasteiger partial charge in [-0.25, -0.2) is 0 Å². The summed E-state index contributed by atoms with van der Waals surface area (Å²) >= 11 is 0. The first-order chi connectivity index (χ1) is 24.8. The second-order valence-electron chi connectivity index (χ2n) is 13.2. The van der Waals surface area contributed by atoms with Gasteiger partial charge >= 0.3 is 0 Å². The van der Waals surface area contributed by atoms with Crippen LogP contribution in [0.1, 0.15) is 0 Å². The lowest BCUT2D eigenvalue weighted by atomic mass is 9.82. The lowest BCUT2D eigenvalue weighted by Gasteiger charge is -2.21. The minimum atomic E-state index is 1.22. The first-order valence-corrected chi connectivity index (χ1v) is 17.4. The Morgan fingerprint density at radius 2 is 0.580 bits per heavy atom. The van der Waals surface area contributed by atoms with Crippen LogP contribution in [-0.2, 0) is 0 Å². The Hall–Kier alpha value is -6.50. The minimum Gasteiger partial charge on any atom is -0.0622 e. The highest BCUT2D eigenvalue weighted by Crippen LogP contribution is 2.48. The van der Waals surface area contributed by atoms with E-state index in [9.17, 15) is 0 Å². The Labute approximate surface area is 291 Å². The molecule has 10 aromatic carbocycles. The smallest absolute Gasteiger partial charge is 0.00259 e. The maximum Gasteiger partial charge on any atom is -0.00259 e. The van der Waals surface area contributed by atoms with Gasteiger partial charge in [0.2, 0.25) is 0 Å². The second-order valence-corrected chi connectivity index (χ2v) is 13.2. The Balaban J connectivity index is 1.46. The van der Waals surface area contributed by atoms with Crippen molar-refractivity contribution in [3.8, 4) is 44.5 Å². The average molecular weight is 633 g/mol. The summed E-state index contributed by atoms with van der Waals surface area (Å²) in [6.45, 7) is 0. The lowest BCUT2D eigenvalue weighted by molar-refractivity contribution is 1.63. The molecule has 0 heteroatoms. The van der Waals surface area contributed by atoms with E-state index in [0.29, 0.717) is 0 Å². The van der Waals surface area contributed by atoms with Crippen LogP contribution in [0.2, 0.25) is 0 Å². The number of hydrogen-bond acceptors (Lipinski definition) is 0. The van der Waals surface area contributed by atoms with Crippen molar-refractivity contribution in [1.82, 2.24) is 0 Å². The molecule has 10 rings (SSSR count). The van der Waals surface area contributed by atoms with Crippen molar-refractivity contribution in [2.75, 3.05) is 0 Å². The largest absolute Gasteiger partial charge is 0.0622 e. The molecular formula is C50H32. The monoisotopic (exact) mass is 632 g/mol. The van der Waals surface area contributed by atoms with E-state index in [1.54, 1.807) is 0 Å². The van der Waals surface area contributed by atoms with Crippen LogP contribution < -0.4 is 0 Å². The van der Waals surface area contributed by atoms with Crippen LogP contribution in [0.5, 0.6) is 0 Å². The summed E-state index contributed by atoms with van der Waals surface area (Å²) in [7, 11) is 0. The minimum absolute atomic E-state index is 1.22. The normalized spacial score (nSPS) is 11.6. The molecule has 0 aliphatic heterocycles. The molecule has 0 radical (unpaired) electrons. The third-order valence-corrected chi connectivity index (χ3v) is 10.4. The molecule has 0 saturated heterocycles. The van der Waals surface area contributed by atoms with Crippen LogP contribution in [0.3, 0.4) is 0 Å². The van der Waals surface area contributed by atoms with Crippen molar-refractivity contribution >= 4 is 53.9 Å². The lowest BCUT2D eigenvalue weighted by Crippen LogP contribution is -1.94. The molecule has 0 heterocycles. The summed E-state index contributed by atoms with van der Waals surface area (Å²) in [6, 6.07) is 71.4. The molecule has 0 aromatic heterocycles. The maximum absolute atomic E-state index is 2.49. The molecule has 50 heavy (non-hydrogen) atoms. The summed E-state index contributed by atoms with van der Waals surface area (Å²) in [4.78, 5) is 0. The maximum atomic E-state index is 2.49. The number of rotatable bonds is 4. The van der Waals surface area contributed by atoms with E-state index in [-0.39, 0.29) is 0 Å². The first-order valence-electron chi connectivity index (χ1n) is 17.4. The van der Waals surface area contributed by atoms with Crippen LogP contribution in [0, 0.1) is 0 Å². The molecule has 0 aliphatic rings. The van der Waals surface area contributed by atoms with Crippen molar-refractivity contribution in [2.24, 2.45) is 0 Å². The highest BCUT2D eigenvalue weighted by Gasteiger charge is 2.21. The van der Waals surface area contributed by atoms with Gasteiger partial charge in [-0.2, -0.15) is 0 Å². The third-order valence-electron chi connectivity index (χ3n) is 10.4.